The van der Waals surface area contributed by atoms with Crippen LogP contribution in [0.5, 0.6) is 0 Å². The predicted octanol–water partition coefficient (Wildman–Crippen LogP) is 7.73. The summed E-state index contributed by atoms with van der Waals surface area (Å²) in [5.74, 6) is -0.317. The summed E-state index contributed by atoms with van der Waals surface area (Å²) in [4.78, 5) is 12.6. The summed E-state index contributed by atoms with van der Waals surface area (Å²) >= 11 is 0. The van der Waals surface area contributed by atoms with E-state index in [0.717, 1.165) is 25.7 Å². The maximum atomic E-state index is 12.6. The van der Waals surface area contributed by atoms with E-state index in [-0.39, 0.29) is 25.1 Å². The Balaban J connectivity index is 4.05. The summed E-state index contributed by atoms with van der Waals surface area (Å²) in [7, 11) is 0. The number of rotatable bonds is 25. The largest absolute Gasteiger partial charge is 0.457 e. The van der Waals surface area contributed by atoms with Crippen molar-refractivity contribution in [3.63, 3.8) is 0 Å². The molecule has 0 saturated heterocycles. The first kappa shape index (κ1) is 31.4. The van der Waals surface area contributed by atoms with Crippen LogP contribution in [0.1, 0.15) is 149 Å². The van der Waals surface area contributed by atoms with Crippen molar-refractivity contribution in [2.45, 2.75) is 155 Å². The van der Waals surface area contributed by atoms with Crippen molar-refractivity contribution in [2.24, 2.45) is 5.92 Å². The molecule has 192 valence electrons. The summed E-state index contributed by atoms with van der Waals surface area (Å²) in [6.45, 7) is 3.88. The number of esters is 1. The van der Waals surface area contributed by atoms with Crippen molar-refractivity contribution in [1.29, 1.82) is 0 Å². The minimum Gasteiger partial charge on any atom is -0.457 e. The third-order valence-corrected chi connectivity index (χ3v) is 6.59. The van der Waals surface area contributed by atoms with E-state index >= 15 is 0 Å². The van der Waals surface area contributed by atoms with Crippen LogP contribution in [-0.2, 0) is 9.53 Å². The lowest BCUT2D eigenvalue weighted by molar-refractivity contribution is -0.159. The highest BCUT2D eigenvalue weighted by molar-refractivity contribution is 5.72. The Bertz CT molecular complexity index is 382. The molecule has 0 aromatic rings. The molecular weight excluding hydrogens is 400 g/mol. The Kier molecular flexibility index (Phi) is 24.5. The Morgan fingerprint density at radius 3 is 1.19 bits per heavy atom. The van der Waals surface area contributed by atoms with Crippen LogP contribution in [0.25, 0.3) is 0 Å². The van der Waals surface area contributed by atoms with Gasteiger partial charge >= 0.3 is 5.97 Å². The summed E-state index contributed by atoms with van der Waals surface area (Å²) in [5.41, 5.74) is 0. The van der Waals surface area contributed by atoms with E-state index in [1.807, 2.05) is 0 Å². The Labute approximate surface area is 199 Å². The second-order valence-corrected chi connectivity index (χ2v) is 9.71. The van der Waals surface area contributed by atoms with Crippen LogP contribution in [0.4, 0.5) is 0 Å². The molecule has 0 aromatic heterocycles. The molecule has 0 heterocycles. The van der Waals surface area contributed by atoms with Gasteiger partial charge in [0, 0.05) is 0 Å². The second-order valence-electron chi connectivity index (χ2n) is 9.71. The van der Waals surface area contributed by atoms with Crippen molar-refractivity contribution in [3.05, 3.63) is 0 Å². The van der Waals surface area contributed by atoms with Crippen LogP contribution >= 0.6 is 0 Å². The van der Waals surface area contributed by atoms with Gasteiger partial charge in [0.2, 0.25) is 0 Å². The van der Waals surface area contributed by atoms with Gasteiger partial charge in [0.15, 0.2) is 0 Å². The van der Waals surface area contributed by atoms with Crippen molar-refractivity contribution >= 4 is 5.97 Å². The second kappa shape index (κ2) is 25.0. The van der Waals surface area contributed by atoms with E-state index in [2.05, 4.69) is 13.8 Å². The fourth-order valence-electron chi connectivity index (χ4n) is 4.35. The minimum absolute atomic E-state index is 0.0887. The molecule has 0 bridgehead atoms. The van der Waals surface area contributed by atoms with Crippen molar-refractivity contribution in [3.8, 4) is 0 Å². The third kappa shape index (κ3) is 20.0. The number of aliphatic hydroxyl groups excluding tert-OH is 2. The highest BCUT2D eigenvalue weighted by Crippen LogP contribution is 2.22. The fourth-order valence-corrected chi connectivity index (χ4v) is 4.35. The van der Waals surface area contributed by atoms with Gasteiger partial charge in [-0.3, -0.25) is 4.79 Å². The normalized spacial score (nSPS) is 12.4. The molecule has 0 aliphatic heterocycles. The molecule has 1 atom stereocenters. The van der Waals surface area contributed by atoms with Gasteiger partial charge in [0.1, 0.15) is 6.10 Å². The summed E-state index contributed by atoms with van der Waals surface area (Å²) < 4.78 is 5.35. The van der Waals surface area contributed by atoms with Gasteiger partial charge in [-0.2, -0.15) is 0 Å². The molecule has 32 heavy (non-hydrogen) atoms. The molecule has 0 aromatic carbocycles. The number of ether oxygens (including phenoxy) is 1. The van der Waals surface area contributed by atoms with Crippen LogP contribution in [0.2, 0.25) is 0 Å². The first-order valence-corrected chi connectivity index (χ1v) is 14.1. The highest BCUT2D eigenvalue weighted by Gasteiger charge is 2.22. The highest BCUT2D eigenvalue weighted by atomic mass is 16.6. The van der Waals surface area contributed by atoms with Crippen molar-refractivity contribution in [2.75, 3.05) is 13.2 Å². The molecule has 4 nitrogen and oxygen atoms in total. The molecule has 0 rings (SSSR count). The number of carbonyl (C=O) groups is 1. The molecule has 0 saturated carbocycles. The maximum absolute atomic E-state index is 12.6. The van der Waals surface area contributed by atoms with E-state index in [1.165, 1.54) is 109 Å². The quantitative estimate of drug-likeness (QED) is 0.109. The van der Waals surface area contributed by atoms with Gasteiger partial charge < -0.3 is 14.9 Å². The smallest absolute Gasteiger partial charge is 0.309 e. The maximum Gasteiger partial charge on any atom is 0.309 e. The number of unbranched alkanes of at least 4 members (excludes halogenated alkanes) is 17. The molecule has 0 fully saturated rings. The fraction of sp³-hybridized carbons (Fsp3) is 0.964. The van der Waals surface area contributed by atoms with Crippen LogP contribution < -0.4 is 0 Å². The molecule has 0 aliphatic carbocycles. The first-order valence-electron chi connectivity index (χ1n) is 14.1. The Morgan fingerprint density at radius 1 is 0.562 bits per heavy atom. The Morgan fingerprint density at radius 2 is 0.875 bits per heavy atom. The van der Waals surface area contributed by atoms with E-state index < -0.39 is 6.10 Å². The number of hydrogen-bond donors (Lipinski definition) is 2. The lowest BCUT2D eigenvalue weighted by Crippen LogP contribution is -2.29. The van der Waals surface area contributed by atoms with Crippen molar-refractivity contribution < 1.29 is 19.7 Å². The zero-order valence-corrected chi connectivity index (χ0v) is 21.6. The van der Waals surface area contributed by atoms with Gasteiger partial charge in [0.25, 0.3) is 0 Å². The molecule has 4 heteroatoms. The van der Waals surface area contributed by atoms with Crippen LogP contribution in [-0.4, -0.2) is 35.5 Å². The average Bonchev–Trinajstić information content (AvgIpc) is 2.81. The van der Waals surface area contributed by atoms with Crippen LogP contribution in [0.3, 0.4) is 0 Å². The monoisotopic (exact) mass is 456 g/mol. The molecular formula is C28H56O4. The third-order valence-electron chi connectivity index (χ3n) is 6.59. The summed E-state index contributed by atoms with van der Waals surface area (Å²) in [6.07, 6.45) is 25.4. The summed E-state index contributed by atoms with van der Waals surface area (Å²) in [5, 5.41) is 18.5. The topological polar surface area (TPSA) is 66.8 Å². The number of aliphatic hydroxyl groups is 2. The van der Waals surface area contributed by atoms with Gasteiger partial charge in [-0.1, -0.05) is 136 Å². The standard InChI is InChI=1S/C28H56O4/c1-3-5-7-9-11-13-15-17-19-21-23-26(28(31)32-27(24-29)25-30)22-20-18-16-14-12-10-8-6-4-2/h26-27,29-30H,3-25H2,1-2H3. The SMILES string of the molecule is CCCCCCCCCCCCC(CCCCCCCCCCC)C(=O)OC(CO)CO. The van der Waals surface area contributed by atoms with E-state index in [0.29, 0.717) is 0 Å². The minimum atomic E-state index is -0.777. The van der Waals surface area contributed by atoms with Gasteiger partial charge in [-0.15, -0.1) is 0 Å². The van der Waals surface area contributed by atoms with E-state index in [4.69, 9.17) is 4.74 Å². The van der Waals surface area contributed by atoms with Gasteiger partial charge in [0.05, 0.1) is 19.1 Å². The van der Waals surface area contributed by atoms with Gasteiger partial charge in [-0.05, 0) is 12.8 Å². The first-order chi connectivity index (χ1) is 15.7. The lowest BCUT2D eigenvalue weighted by atomic mass is 9.94. The predicted molar refractivity (Wildman–Crippen MR) is 136 cm³/mol. The van der Waals surface area contributed by atoms with Crippen molar-refractivity contribution in [1.82, 2.24) is 0 Å². The van der Waals surface area contributed by atoms with E-state index in [1.54, 1.807) is 0 Å². The zero-order valence-electron chi connectivity index (χ0n) is 21.6. The molecule has 0 aliphatic rings. The average molecular weight is 457 g/mol. The van der Waals surface area contributed by atoms with E-state index in [9.17, 15) is 15.0 Å². The zero-order chi connectivity index (χ0) is 23.7. The van der Waals surface area contributed by atoms with Gasteiger partial charge in [-0.25, -0.2) is 0 Å². The van der Waals surface area contributed by atoms with Crippen LogP contribution in [0.15, 0.2) is 0 Å². The summed E-state index contributed by atoms with van der Waals surface area (Å²) in [6, 6.07) is 0. The number of carbonyl (C=O) groups excluding carboxylic acids is 1. The Hall–Kier alpha value is -0.610. The lowest BCUT2D eigenvalue weighted by Gasteiger charge is -2.19. The molecule has 1 unspecified atom stereocenters. The number of hydrogen-bond acceptors (Lipinski definition) is 4. The van der Waals surface area contributed by atoms with Crippen LogP contribution in [0, 0.1) is 5.92 Å². The molecule has 0 amide bonds. The molecule has 0 spiro atoms. The molecule has 0 radical (unpaired) electrons. The molecule has 2 N–H and O–H groups in total.